The van der Waals surface area contributed by atoms with E-state index in [4.69, 9.17) is 15.2 Å². The number of unbranched alkanes of at least 4 members (excludes halogenated alkanes) is 2. The standard InChI is InChI=1S/C22H27N3O3/c1-4-5-6-7-8-12-28-18-11-9-10-17(14-18)24-22(26)19-13-16(2)20(15-27-3)25-21(19)23/h9-11,13-14H,6-8,12,15H2,1-3H3,(H2,23,25)(H,24,26). The van der Waals surface area contributed by atoms with E-state index in [0.29, 0.717) is 30.2 Å². The van der Waals surface area contributed by atoms with E-state index in [0.717, 1.165) is 30.5 Å². The molecular formula is C22H27N3O3. The molecule has 1 amide bonds. The van der Waals surface area contributed by atoms with Gasteiger partial charge < -0.3 is 20.5 Å². The molecule has 1 heterocycles. The highest BCUT2D eigenvalue weighted by Crippen LogP contribution is 2.21. The van der Waals surface area contributed by atoms with Crippen molar-refractivity contribution in [3.63, 3.8) is 0 Å². The van der Waals surface area contributed by atoms with Gasteiger partial charge in [0.15, 0.2) is 0 Å². The van der Waals surface area contributed by atoms with Crippen molar-refractivity contribution in [2.75, 3.05) is 24.8 Å². The number of hydrogen-bond donors (Lipinski definition) is 2. The van der Waals surface area contributed by atoms with Crippen LogP contribution in [-0.2, 0) is 11.3 Å². The third-order valence-electron chi connectivity index (χ3n) is 4.11. The minimum absolute atomic E-state index is 0.178. The Morgan fingerprint density at radius 2 is 2.11 bits per heavy atom. The molecule has 1 aromatic heterocycles. The summed E-state index contributed by atoms with van der Waals surface area (Å²) in [6, 6.07) is 9.02. The minimum Gasteiger partial charge on any atom is -0.494 e. The van der Waals surface area contributed by atoms with E-state index in [2.05, 4.69) is 22.1 Å². The van der Waals surface area contributed by atoms with Crippen LogP contribution >= 0.6 is 0 Å². The molecule has 0 aliphatic rings. The van der Waals surface area contributed by atoms with Crippen LogP contribution in [0, 0.1) is 18.8 Å². The van der Waals surface area contributed by atoms with Crippen LogP contribution in [0.3, 0.4) is 0 Å². The molecule has 28 heavy (non-hydrogen) atoms. The van der Waals surface area contributed by atoms with Crippen molar-refractivity contribution in [3.8, 4) is 17.6 Å². The number of benzene rings is 1. The number of carbonyl (C=O) groups is 1. The first-order valence-electron chi connectivity index (χ1n) is 9.24. The van der Waals surface area contributed by atoms with Crippen molar-refractivity contribution in [1.82, 2.24) is 4.98 Å². The second-order valence-electron chi connectivity index (χ2n) is 6.33. The topological polar surface area (TPSA) is 86.5 Å². The minimum atomic E-state index is -0.313. The van der Waals surface area contributed by atoms with Gasteiger partial charge in [0.2, 0.25) is 0 Å². The van der Waals surface area contributed by atoms with Crippen LogP contribution in [0.5, 0.6) is 5.75 Å². The molecule has 0 unspecified atom stereocenters. The van der Waals surface area contributed by atoms with E-state index >= 15 is 0 Å². The Morgan fingerprint density at radius 1 is 1.29 bits per heavy atom. The molecule has 148 valence electrons. The summed E-state index contributed by atoms with van der Waals surface area (Å²) in [7, 11) is 1.59. The maximum Gasteiger partial charge on any atom is 0.259 e. The number of aromatic nitrogens is 1. The predicted octanol–water partition coefficient (Wildman–Crippen LogP) is 3.94. The van der Waals surface area contributed by atoms with Crippen molar-refractivity contribution in [2.45, 2.75) is 39.7 Å². The molecule has 0 saturated heterocycles. The van der Waals surface area contributed by atoms with Gasteiger partial charge in [-0.1, -0.05) is 6.07 Å². The Bertz CT molecular complexity index is 869. The van der Waals surface area contributed by atoms with E-state index < -0.39 is 0 Å². The van der Waals surface area contributed by atoms with Crippen molar-refractivity contribution in [3.05, 3.63) is 47.2 Å². The largest absolute Gasteiger partial charge is 0.494 e. The third-order valence-corrected chi connectivity index (χ3v) is 4.11. The Morgan fingerprint density at radius 3 is 2.86 bits per heavy atom. The molecule has 0 aliphatic heterocycles. The molecule has 6 nitrogen and oxygen atoms in total. The summed E-state index contributed by atoms with van der Waals surface area (Å²) >= 11 is 0. The number of nitrogens with two attached hydrogens (primary N) is 1. The Kier molecular flexibility index (Phi) is 8.32. The van der Waals surface area contributed by atoms with E-state index in [9.17, 15) is 4.79 Å². The van der Waals surface area contributed by atoms with Gasteiger partial charge in [0.05, 0.1) is 24.5 Å². The molecule has 3 N–H and O–H groups in total. The van der Waals surface area contributed by atoms with Crippen LogP contribution in [0.4, 0.5) is 11.5 Å². The third kappa shape index (κ3) is 6.29. The summed E-state index contributed by atoms with van der Waals surface area (Å²) in [5.41, 5.74) is 8.50. The van der Waals surface area contributed by atoms with Gasteiger partial charge in [-0.2, -0.15) is 0 Å². The fourth-order valence-corrected chi connectivity index (χ4v) is 2.62. The number of nitrogen functional groups attached to an aromatic ring is 1. The highest BCUT2D eigenvalue weighted by atomic mass is 16.5. The van der Waals surface area contributed by atoms with Gasteiger partial charge in [0.1, 0.15) is 11.6 Å². The van der Waals surface area contributed by atoms with Crippen LogP contribution in [0.15, 0.2) is 30.3 Å². The van der Waals surface area contributed by atoms with Crippen molar-refractivity contribution in [2.24, 2.45) is 0 Å². The zero-order valence-corrected chi connectivity index (χ0v) is 16.7. The fourth-order valence-electron chi connectivity index (χ4n) is 2.62. The quantitative estimate of drug-likeness (QED) is 0.507. The van der Waals surface area contributed by atoms with Gasteiger partial charge >= 0.3 is 0 Å². The molecule has 6 heteroatoms. The second kappa shape index (κ2) is 11.0. The van der Waals surface area contributed by atoms with Gasteiger partial charge in [-0.25, -0.2) is 4.98 Å². The number of ether oxygens (including phenoxy) is 2. The molecule has 0 fully saturated rings. The highest BCUT2D eigenvalue weighted by Gasteiger charge is 2.14. The van der Waals surface area contributed by atoms with Crippen molar-refractivity contribution in [1.29, 1.82) is 0 Å². The predicted molar refractivity (Wildman–Crippen MR) is 111 cm³/mol. The Balaban J connectivity index is 1.98. The highest BCUT2D eigenvalue weighted by molar-refractivity contribution is 6.07. The van der Waals surface area contributed by atoms with E-state index in [1.165, 1.54) is 0 Å². The summed E-state index contributed by atoms with van der Waals surface area (Å²) in [6.45, 7) is 4.68. The summed E-state index contributed by atoms with van der Waals surface area (Å²) < 4.78 is 10.8. The van der Waals surface area contributed by atoms with E-state index in [-0.39, 0.29) is 11.7 Å². The summed E-state index contributed by atoms with van der Waals surface area (Å²) in [5, 5.41) is 2.85. The monoisotopic (exact) mass is 381 g/mol. The zero-order chi connectivity index (χ0) is 20.4. The number of amides is 1. The average Bonchev–Trinajstić information content (AvgIpc) is 2.67. The number of nitrogens with one attached hydrogen (secondary N) is 1. The zero-order valence-electron chi connectivity index (χ0n) is 16.7. The van der Waals surface area contributed by atoms with Crippen LogP contribution < -0.4 is 15.8 Å². The van der Waals surface area contributed by atoms with Gasteiger partial charge in [0.25, 0.3) is 5.91 Å². The van der Waals surface area contributed by atoms with Gasteiger partial charge in [-0.3, -0.25) is 4.79 Å². The Labute approximate surface area is 166 Å². The molecule has 0 bridgehead atoms. The molecule has 2 aromatic rings. The number of anilines is 2. The normalized spacial score (nSPS) is 10.1. The summed E-state index contributed by atoms with van der Waals surface area (Å²) in [6.07, 6.45) is 2.82. The first-order chi connectivity index (χ1) is 13.5. The molecule has 0 spiro atoms. The molecule has 1 aromatic carbocycles. The van der Waals surface area contributed by atoms with Crippen LogP contribution in [0.1, 0.15) is 47.8 Å². The van der Waals surface area contributed by atoms with Gasteiger partial charge in [-0.05, 0) is 50.5 Å². The maximum absolute atomic E-state index is 12.6. The van der Waals surface area contributed by atoms with Crippen LogP contribution in [0.25, 0.3) is 0 Å². The summed E-state index contributed by atoms with van der Waals surface area (Å²) in [5.74, 6) is 6.49. The number of aryl methyl sites for hydroxylation is 1. The average molecular weight is 381 g/mol. The van der Waals surface area contributed by atoms with Crippen LogP contribution in [-0.4, -0.2) is 24.6 Å². The molecule has 2 rings (SSSR count). The fraction of sp³-hybridized carbons (Fsp3) is 0.364. The van der Waals surface area contributed by atoms with E-state index in [1.807, 2.05) is 26.0 Å². The molecule has 0 atom stereocenters. The smallest absolute Gasteiger partial charge is 0.259 e. The lowest BCUT2D eigenvalue weighted by molar-refractivity contribution is 0.102. The first-order valence-corrected chi connectivity index (χ1v) is 9.24. The number of methoxy groups -OCH3 is 1. The molecule has 0 radical (unpaired) electrons. The lowest BCUT2D eigenvalue weighted by atomic mass is 10.1. The van der Waals surface area contributed by atoms with Gasteiger partial charge in [0, 0.05) is 25.3 Å². The van der Waals surface area contributed by atoms with Gasteiger partial charge in [-0.15, -0.1) is 11.8 Å². The first kappa shape index (κ1) is 21.3. The number of hydrogen-bond acceptors (Lipinski definition) is 5. The Hall–Kier alpha value is -3.04. The number of carbonyl (C=O) groups excluding carboxylic acids is 1. The van der Waals surface area contributed by atoms with Crippen molar-refractivity contribution >= 4 is 17.4 Å². The molecular weight excluding hydrogens is 354 g/mol. The lowest BCUT2D eigenvalue weighted by Gasteiger charge is -2.12. The maximum atomic E-state index is 12.6. The van der Waals surface area contributed by atoms with E-state index in [1.54, 1.807) is 25.3 Å². The number of pyridine rings is 1. The molecule has 0 aliphatic carbocycles. The molecule has 0 saturated carbocycles. The number of nitrogens with zero attached hydrogens (tertiary/aromatic N) is 1. The summed E-state index contributed by atoms with van der Waals surface area (Å²) in [4.78, 5) is 16.9. The van der Waals surface area contributed by atoms with Crippen LogP contribution in [0.2, 0.25) is 0 Å². The number of rotatable bonds is 9. The SMILES string of the molecule is CC#CCCCCOc1cccc(NC(=O)c2cc(C)c(COC)nc2N)c1. The van der Waals surface area contributed by atoms with Crippen molar-refractivity contribution < 1.29 is 14.3 Å². The second-order valence-corrected chi connectivity index (χ2v) is 6.33. The lowest BCUT2D eigenvalue weighted by Crippen LogP contribution is -2.16.